The molecule has 2 fully saturated rings. The molecule has 47 heavy (non-hydrogen) atoms. The molecule has 1 heterocycles. The van der Waals surface area contributed by atoms with Crippen molar-refractivity contribution in [2.75, 3.05) is 11.9 Å². The van der Waals surface area contributed by atoms with Crippen LogP contribution in [0.4, 0.5) is 10.5 Å². The fourth-order valence-corrected chi connectivity index (χ4v) is 5.78. The number of hydrogen-bond acceptors (Lipinski definition) is 7. The van der Waals surface area contributed by atoms with E-state index in [1.54, 1.807) is 31.2 Å². The summed E-state index contributed by atoms with van der Waals surface area (Å²) < 4.78 is 17.8. The van der Waals surface area contributed by atoms with Gasteiger partial charge in [0.1, 0.15) is 11.6 Å². The van der Waals surface area contributed by atoms with Crippen molar-refractivity contribution in [3.05, 3.63) is 59.7 Å². The molecule has 1 aliphatic carbocycles. The number of rotatable bonds is 10. The number of alkyl carbamates (subject to hydrolysis) is 1. The maximum atomic E-state index is 13.7. The minimum absolute atomic E-state index is 0.152. The largest absolute Gasteiger partial charge is 0.494 e. The van der Waals surface area contributed by atoms with Gasteiger partial charge < -0.3 is 35.4 Å². The van der Waals surface area contributed by atoms with Gasteiger partial charge in [0, 0.05) is 30.3 Å². The molecule has 0 radical (unpaired) electrons. The van der Waals surface area contributed by atoms with Gasteiger partial charge in [0.05, 0.1) is 11.2 Å². The summed E-state index contributed by atoms with van der Waals surface area (Å²) in [6.45, 7) is 15.7. The molecule has 0 unspecified atom stereocenters. The Bertz CT molecular complexity index is 1430. The molecule has 10 nitrogen and oxygen atoms in total. The summed E-state index contributed by atoms with van der Waals surface area (Å²) in [5.74, 6) is -0.445. The molecule has 2 aliphatic rings. The normalized spacial score (nSPS) is 21.0. The molecule has 1 aliphatic heterocycles. The van der Waals surface area contributed by atoms with Gasteiger partial charge in [-0.2, -0.15) is 0 Å². The smallest absolute Gasteiger partial charge is 0.444 e. The van der Waals surface area contributed by atoms with Crippen molar-refractivity contribution in [1.82, 2.24) is 10.6 Å². The Labute approximate surface area is 279 Å². The number of carbonyl (C=O) groups excluding carboxylic acids is 3. The van der Waals surface area contributed by atoms with Crippen molar-refractivity contribution in [1.29, 1.82) is 5.41 Å². The van der Waals surface area contributed by atoms with E-state index >= 15 is 0 Å². The van der Waals surface area contributed by atoms with Crippen LogP contribution >= 0.6 is 0 Å². The van der Waals surface area contributed by atoms with Crippen molar-refractivity contribution >= 4 is 41.9 Å². The first-order valence-corrected chi connectivity index (χ1v) is 16.6. The van der Waals surface area contributed by atoms with Gasteiger partial charge in [-0.15, -0.1) is 0 Å². The molecule has 11 heteroatoms. The molecule has 1 atom stereocenters. The van der Waals surface area contributed by atoms with Gasteiger partial charge >= 0.3 is 13.2 Å². The summed E-state index contributed by atoms with van der Waals surface area (Å²) in [7, 11) is -0.544. The van der Waals surface area contributed by atoms with Gasteiger partial charge in [0.2, 0.25) is 11.8 Å². The summed E-state index contributed by atoms with van der Waals surface area (Å²) in [5.41, 5.74) is 1.98. The summed E-state index contributed by atoms with van der Waals surface area (Å²) in [6, 6.07) is 14.0. The van der Waals surface area contributed by atoms with Crippen molar-refractivity contribution in [2.24, 2.45) is 11.8 Å². The molecule has 1 saturated heterocycles. The number of anilines is 1. The molecule has 3 amide bonds. The van der Waals surface area contributed by atoms with E-state index in [1.165, 1.54) is 0 Å². The number of carbonyl (C=O) groups is 3. The van der Waals surface area contributed by atoms with Gasteiger partial charge in [-0.25, -0.2) is 4.79 Å². The summed E-state index contributed by atoms with van der Waals surface area (Å²) >= 11 is 0. The van der Waals surface area contributed by atoms with Crippen LogP contribution in [0, 0.1) is 17.2 Å². The van der Waals surface area contributed by atoms with Crippen LogP contribution in [0.5, 0.6) is 0 Å². The third kappa shape index (κ3) is 9.90. The first-order chi connectivity index (χ1) is 21.9. The van der Waals surface area contributed by atoms with E-state index in [0.717, 1.165) is 29.4 Å². The molecule has 4 N–H and O–H groups in total. The maximum Gasteiger partial charge on any atom is 0.494 e. The highest BCUT2D eigenvalue weighted by molar-refractivity contribution is 6.62. The van der Waals surface area contributed by atoms with Crippen LogP contribution in [-0.4, -0.2) is 60.1 Å². The fraction of sp³-hybridized carbons (Fsp3) is 0.556. The monoisotopic (exact) mass is 646 g/mol. The Hall–Kier alpha value is -3.70. The predicted molar refractivity (Wildman–Crippen MR) is 185 cm³/mol. The zero-order valence-corrected chi connectivity index (χ0v) is 29.1. The highest BCUT2D eigenvalue weighted by Gasteiger charge is 2.51. The van der Waals surface area contributed by atoms with Crippen molar-refractivity contribution in [3.63, 3.8) is 0 Å². The van der Waals surface area contributed by atoms with Gasteiger partial charge in [-0.05, 0) is 116 Å². The summed E-state index contributed by atoms with van der Waals surface area (Å²) in [6.07, 6.45) is 2.76. The highest BCUT2D eigenvalue weighted by Crippen LogP contribution is 2.36. The molecule has 0 aromatic heterocycles. The van der Waals surface area contributed by atoms with Gasteiger partial charge in [0.15, 0.2) is 0 Å². The molecule has 4 rings (SSSR count). The Balaban J connectivity index is 1.43. The second-order valence-corrected chi connectivity index (χ2v) is 14.9. The topological polar surface area (TPSA) is 139 Å². The molecular formula is C36H51BN4O6. The Morgan fingerprint density at radius 2 is 1.60 bits per heavy atom. The fourth-order valence-electron chi connectivity index (χ4n) is 5.78. The second-order valence-electron chi connectivity index (χ2n) is 14.9. The predicted octanol–water partition coefficient (Wildman–Crippen LogP) is 5.37. The van der Waals surface area contributed by atoms with Gasteiger partial charge in [-0.1, -0.05) is 36.4 Å². The lowest BCUT2D eigenvalue weighted by molar-refractivity contribution is -0.130. The Morgan fingerprint density at radius 3 is 2.17 bits per heavy atom. The average molecular weight is 647 g/mol. The summed E-state index contributed by atoms with van der Waals surface area (Å²) in [4.78, 5) is 39.4. The number of nitrogens with one attached hydrogen (secondary N) is 4. The molecule has 1 saturated carbocycles. The lowest BCUT2D eigenvalue weighted by Gasteiger charge is -2.32. The molecular weight excluding hydrogens is 595 g/mol. The second kappa shape index (κ2) is 14.6. The molecule has 2 aromatic rings. The minimum Gasteiger partial charge on any atom is -0.444 e. The number of amides is 3. The van der Waals surface area contributed by atoms with Crippen LogP contribution in [0.1, 0.15) is 92.2 Å². The summed E-state index contributed by atoms with van der Waals surface area (Å²) in [5, 5.41) is 16.7. The van der Waals surface area contributed by atoms with E-state index in [0.29, 0.717) is 30.8 Å². The van der Waals surface area contributed by atoms with Gasteiger partial charge in [0.25, 0.3) is 0 Å². The van der Waals surface area contributed by atoms with Crippen LogP contribution in [0.25, 0.3) is 0 Å². The van der Waals surface area contributed by atoms with E-state index < -0.39 is 36.1 Å². The number of benzene rings is 2. The van der Waals surface area contributed by atoms with Crippen LogP contribution in [0.3, 0.4) is 0 Å². The van der Waals surface area contributed by atoms with Crippen molar-refractivity contribution < 1.29 is 28.4 Å². The first kappa shape index (κ1) is 36.1. The van der Waals surface area contributed by atoms with E-state index in [9.17, 15) is 14.4 Å². The van der Waals surface area contributed by atoms with Crippen molar-refractivity contribution in [2.45, 2.75) is 110 Å². The SMILES string of the molecule is CC(=N)c1ccc(NC(=O)[C@H](Cc2cccc(B3OC(C)(C)C(C)(C)O3)c2)NC(=O)C2CCC(CNC(=O)OC(C)(C)C)CC2)cc1. The van der Waals surface area contributed by atoms with Crippen LogP contribution in [0.15, 0.2) is 48.5 Å². The molecule has 2 aromatic carbocycles. The zero-order valence-electron chi connectivity index (χ0n) is 29.1. The lowest BCUT2D eigenvalue weighted by atomic mass is 9.78. The van der Waals surface area contributed by atoms with Crippen LogP contribution in [-0.2, 0) is 30.1 Å². The Morgan fingerprint density at radius 1 is 0.979 bits per heavy atom. The van der Waals surface area contributed by atoms with Crippen molar-refractivity contribution in [3.8, 4) is 0 Å². The maximum absolute atomic E-state index is 13.7. The third-order valence-electron chi connectivity index (χ3n) is 9.29. The van der Waals surface area contributed by atoms with E-state index in [4.69, 9.17) is 19.5 Å². The van der Waals surface area contributed by atoms with E-state index in [1.807, 2.05) is 72.7 Å². The first-order valence-electron chi connectivity index (χ1n) is 16.6. The van der Waals surface area contributed by atoms with Crippen LogP contribution in [0.2, 0.25) is 0 Å². The molecule has 0 bridgehead atoms. The minimum atomic E-state index is -0.827. The number of ether oxygens (including phenoxy) is 1. The number of hydrogen-bond donors (Lipinski definition) is 4. The van der Waals surface area contributed by atoms with Crippen LogP contribution < -0.4 is 21.4 Å². The molecule has 0 spiro atoms. The van der Waals surface area contributed by atoms with Gasteiger partial charge in [-0.3, -0.25) is 9.59 Å². The third-order valence-corrected chi connectivity index (χ3v) is 9.29. The highest BCUT2D eigenvalue weighted by atomic mass is 16.7. The zero-order chi connectivity index (χ0) is 34.6. The average Bonchev–Trinajstić information content (AvgIpc) is 3.21. The molecule has 254 valence electrons. The Kier molecular flexibility index (Phi) is 11.2. The standard InChI is InChI=1S/C36H51BN4O6/c1-23(38)26-16-18-29(19-17-26)40-32(43)30(21-25-10-9-11-28(20-25)37-46-35(5,6)36(7,8)47-37)41-31(42)27-14-12-24(13-15-27)22-39-33(44)45-34(2,3)4/h9-11,16-20,24,27,30,38H,12-15,21-22H2,1-8H3,(H,39,44)(H,40,43)(H,41,42)/t24?,27?,30-/m0/s1. The van der Waals surface area contributed by atoms with E-state index in [2.05, 4.69) is 16.0 Å². The van der Waals surface area contributed by atoms with E-state index in [-0.39, 0.29) is 30.1 Å². The quantitative estimate of drug-likeness (QED) is 0.202. The lowest BCUT2D eigenvalue weighted by Crippen LogP contribution is -2.48.